The zero-order valence-corrected chi connectivity index (χ0v) is 12.4. The van der Waals surface area contributed by atoms with E-state index in [1.54, 1.807) is 0 Å². The van der Waals surface area contributed by atoms with E-state index in [1.165, 1.54) is 24.2 Å². The van der Waals surface area contributed by atoms with Crippen LogP contribution in [0.15, 0.2) is 24.3 Å². The summed E-state index contributed by atoms with van der Waals surface area (Å²) < 4.78 is 0. The van der Waals surface area contributed by atoms with Crippen LogP contribution in [0.3, 0.4) is 0 Å². The van der Waals surface area contributed by atoms with Crippen molar-refractivity contribution in [2.75, 3.05) is 29.9 Å². The van der Waals surface area contributed by atoms with Gasteiger partial charge in [-0.2, -0.15) is 0 Å². The molecule has 0 amide bonds. The molecule has 1 N–H and O–H groups in total. The number of nitrogens with zero attached hydrogens (tertiary/aromatic N) is 1. The number of nitrogens with one attached hydrogen (secondary N) is 1. The van der Waals surface area contributed by atoms with Gasteiger partial charge in [0.15, 0.2) is 0 Å². The molecule has 102 valence electrons. The minimum absolute atomic E-state index is 0.803. The summed E-state index contributed by atoms with van der Waals surface area (Å²) in [6.45, 7) is 12.2. The summed E-state index contributed by atoms with van der Waals surface area (Å²) in [5.41, 5.74) is 2.54. The highest BCUT2D eigenvalue weighted by Crippen LogP contribution is 2.17. The first-order valence-corrected chi connectivity index (χ1v) is 7.26. The highest BCUT2D eigenvalue weighted by atomic mass is 15.1. The summed E-state index contributed by atoms with van der Waals surface area (Å²) in [4.78, 5) is 2.36. The molecule has 1 rings (SSSR count). The maximum Gasteiger partial charge on any atom is 0.0367 e. The van der Waals surface area contributed by atoms with E-state index in [0.29, 0.717) is 0 Å². The van der Waals surface area contributed by atoms with E-state index in [0.717, 1.165) is 25.6 Å². The third-order valence-corrected chi connectivity index (χ3v) is 3.28. The van der Waals surface area contributed by atoms with Crippen LogP contribution < -0.4 is 10.2 Å². The van der Waals surface area contributed by atoms with Gasteiger partial charge in [-0.3, -0.25) is 0 Å². The van der Waals surface area contributed by atoms with Crippen LogP contribution in [0.2, 0.25) is 0 Å². The molecule has 0 heterocycles. The summed E-state index contributed by atoms with van der Waals surface area (Å²) in [6.07, 6.45) is 2.54. The normalized spacial score (nSPS) is 10.7. The van der Waals surface area contributed by atoms with Crippen LogP contribution in [0.25, 0.3) is 0 Å². The molecule has 1 aromatic rings. The predicted octanol–water partition coefficient (Wildman–Crippen LogP) is 4.38. The number of hydrogen-bond donors (Lipinski definition) is 1. The molecule has 0 bridgehead atoms. The molecule has 0 radical (unpaired) electrons. The minimum atomic E-state index is 0.803. The van der Waals surface area contributed by atoms with Crippen LogP contribution in [0.1, 0.15) is 40.5 Å². The Bertz CT molecular complexity index is 312. The maximum atomic E-state index is 3.48. The Kier molecular flexibility index (Phi) is 6.63. The summed E-state index contributed by atoms with van der Waals surface area (Å²) in [5.74, 6) is 0.803. The average Bonchev–Trinajstić information content (AvgIpc) is 2.37. The topological polar surface area (TPSA) is 15.3 Å². The Labute approximate surface area is 112 Å². The molecule has 0 saturated carbocycles. The van der Waals surface area contributed by atoms with E-state index >= 15 is 0 Å². The van der Waals surface area contributed by atoms with Crippen molar-refractivity contribution in [2.24, 2.45) is 5.92 Å². The fraction of sp³-hybridized carbons (Fsp3) is 0.625. The van der Waals surface area contributed by atoms with E-state index in [-0.39, 0.29) is 0 Å². The van der Waals surface area contributed by atoms with Gasteiger partial charge in [0.2, 0.25) is 0 Å². The fourth-order valence-corrected chi connectivity index (χ4v) is 2.12. The molecule has 0 atom stereocenters. The van der Waals surface area contributed by atoms with Crippen molar-refractivity contribution in [2.45, 2.75) is 40.5 Å². The summed E-state index contributed by atoms with van der Waals surface area (Å²) >= 11 is 0. The fourth-order valence-electron chi connectivity index (χ4n) is 2.12. The molecule has 0 aliphatic rings. The highest BCUT2D eigenvalue weighted by Gasteiger charge is 2.01. The number of anilines is 2. The monoisotopic (exact) mass is 248 g/mol. The molecule has 0 fully saturated rings. The Morgan fingerprint density at radius 2 is 1.67 bits per heavy atom. The van der Waals surface area contributed by atoms with Crippen molar-refractivity contribution in [3.8, 4) is 0 Å². The first-order chi connectivity index (χ1) is 8.67. The summed E-state index contributed by atoms with van der Waals surface area (Å²) in [7, 11) is 0. The molecule has 18 heavy (non-hydrogen) atoms. The molecule has 0 aliphatic heterocycles. The van der Waals surface area contributed by atoms with Crippen molar-refractivity contribution in [1.29, 1.82) is 0 Å². The van der Waals surface area contributed by atoms with Crippen LogP contribution in [0, 0.1) is 5.92 Å². The molecular formula is C16H28N2. The standard InChI is InChI=1S/C16H28N2/c1-5-18(6-2)16-11-9-15(10-12-16)17-13-7-8-14(3)4/h9-12,14,17H,5-8,13H2,1-4H3. The first kappa shape index (κ1) is 14.9. The third-order valence-electron chi connectivity index (χ3n) is 3.28. The molecule has 0 aliphatic carbocycles. The molecular weight excluding hydrogens is 220 g/mol. The minimum Gasteiger partial charge on any atom is -0.385 e. The molecule has 0 unspecified atom stereocenters. The lowest BCUT2D eigenvalue weighted by atomic mass is 10.1. The van der Waals surface area contributed by atoms with E-state index in [2.05, 4.69) is 62.2 Å². The lowest BCUT2D eigenvalue weighted by Crippen LogP contribution is -2.21. The predicted molar refractivity (Wildman–Crippen MR) is 82.6 cm³/mol. The van der Waals surface area contributed by atoms with E-state index in [4.69, 9.17) is 0 Å². The molecule has 0 spiro atoms. The molecule has 2 heteroatoms. The lowest BCUT2D eigenvalue weighted by molar-refractivity contribution is 0.567. The van der Waals surface area contributed by atoms with Crippen molar-refractivity contribution >= 4 is 11.4 Å². The van der Waals surface area contributed by atoms with Crippen LogP contribution in [0.4, 0.5) is 11.4 Å². The molecule has 0 saturated heterocycles. The van der Waals surface area contributed by atoms with E-state index in [1.807, 2.05) is 0 Å². The summed E-state index contributed by atoms with van der Waals surface area (Å²) in [5, 5.41) is 3.48. The first-order valence-electron chi connectivity index (χ1n) is 7.26. The van der Waals surface area contributed by atoms with E-state index in [9.17, 15) is 0 Å². The van der Waals surface area contributed by atoms with Crippen LogP contribution >= 0.6 is 0 Å². The van der Waals surface area contributed by atoms with Crippen molar-refractivity contribution in [3.63, 3.8) is 0 Å². The van der Waals surface area contributed by atoms with Crippen LogP contribution in [0.5, 0.6) is 0 Å². The van der Waals surface area contributed by atoms with Gasteiger partial charge in [-0.1, -0.05) is 13.8 Å². The van der Waals surface area contributed by atoms with Gasteiger partial charge in [0.05, 0.1) is 0 Å². The smallest absolute Gasteiger partial charge is 0.0367 e. The number of benzene rings is 1. The zero-order chi connectivity index (χ0) is 13.4. The number of rotatable bonds is 8. The zero-order valence-electron chi connectivity index (χ0n) is 12.4. The van der Waals surface area contributed by atoms with Gasteiger partial charge in [0, 0.05) is 31.0 Å². The highest BCUT2D eigenvalue weighted by molar-refractivity contribution is 5.54. The Hall–Kier alpha value is -1.18. The quantitative estimate of drug-likeness (QED) is 0.687. The second-order valence-electron chi connectivity index (χ2n) is 5.18. The lowest BCUT2D eigenvalue weighted by Gasteiger charge is -2.21. The third kappa shape index (κ3) is 4.99. The maximum absolute atomic E-state index is 3.48. The van der Waals surface area contributed by atoms with Gasteiger partial charge >= 0.3 is 0 Å². The molecule has 1 aromatic carbocycles. The second-order valence-corrected chi connectivity index (χ2v) is 5.18. The largest absolute Gasteiger partial charge is 0.385 e. The van der Waals surface area contributed by atoms with Crippen molar-refractivity contribution in [3.05, 3.63) is 24.3 Å². The van der Waals surface area contributed by atoms with Gasteiger partial charge in [0.1, 0.15) is 0 Å². The van der Waals surface area contributed by atoms with E-state index < -0.39 is 0 Å². The molecule has 0 aromatic heterocycles. The van der Waals surface area contributed by atoms with Gasteiger partial charge in [-0.15, -0.1) is 0 Å². The molecule has 2 nitrogen and oxygen atoms in total. The Morgan fingerprint density at radius 3 is 2.17 bits per heavy atom. The van der Waals surface area contributed by atoms with Crippen molar-refractivity contribution < 1.29 is 0 Å². The Morgan fingerprint density at radius 1 is 1.06 bits per heavy atom. The number of hydrogen-bond acceptors (Lipinski definition) is 2. The van der Waals surface area contributed by atoms with Crippen LogP contribution in [-0.4, -0.2) is 19.6 Å². The van der Waals surface area contributed by atoms with Gasteiger partial charge in [-0.05, 0) is 56.9 Å². The van der Waals surface area contributed by atoms with Gasteiger partial charge in [0.25, 0.3) is 0 Å². The van der Waals surface area contributed by atoms with Crippen molar-refractivity contribution in [1.82, 2.24) is 0 Å². The van der Waals surface area contributed by atoms with Gasteiger partial charge < -0.3 is 10.2 Å². The second kappa shape index (κ2) is 8.02. The van der Waals surface area contributed by atoms with Gasteiger partial charge in [-0.25, -0.2) is 0 Å². The Balaban J connectivity index is 2.40. The van der Waals surface area contributed by atoms with Crippen LogP contribution in [-0.2, 0) is 0 Å². The average molecular weight is 248 g/mol. The summed E-state index contributed by atoms with van der Waals surface area (Å²) in [6, 6.07) is 8.78. The SMILES string of the molecule is CCN(CC)c1ccc(NCCCC(C)C)cc1.